The maximum Gasteiger partial charge on any atom is 0.340 e. The Morgan fingerprint density at radius 1 is 1.00 bits per heavy atom. The quantitative estimate of drug-likeness (QED) is 0.807. The minimum absolute atomic E-state index is 0.0214. The minimum atomic E-state index is -1.82. The standard InChI is InChI=1S/C13H18O3/c1-12(2,3)9-5-7-10(8-6-9)13(4,16)11(14)15/h5-8,16H,1-4H3,(H,14,15)/t13-/m1/s1. The lowest BCUT2D eigenvalue weighted by molar-refractivity contribution is -0.157. The molecule has 16 heavy (non-hydrogen) atoms. The van der Waals surface area contributed by atoms with Gasteiger partial charge in [0, 0.05) is 0 Å². The molecule has 3 heteroatoms. The Labute approximate surface area is 95.7 Å². The van der Waals surface area contributed by atoms with Gasteiger partial charge in [-0.05, 0) is 23.5 Å². The van der Waals surface area contributed by atoms with Gasteiger partial charge in [0.2, 0.25) is 0 Å². The molecule has 0 aliphatic carbocycles. The van der Waals surface area contributed by atoms with Crippen LogP contribution in [0.2, 0.25) is 0 Å². The van der Waals surface area contributed by atoms with Crippen LogP contribution in [0.1, 0.15) is 38.8 Å². The van der Waals surface area contributed by atoms with Crippen LogP contribution in [-0.2, 0) is 15.8 Å². The second-order valence-corrected chi connectivity index (χ2v) is 5.20. The van der Waals surface area contributed by atoms with Gasteiger partial charge in [-0.2, -0.15) is 0 Å². The predicted molar refractivity (Wildman–Crippen MR) is 62.3 cm³/mol. The van der Waals surface area contributed by atoms with E-state index in [9.17, 15) is 9.90 Å². The van der Waals surface area contributed by atoms with E-state index in [1.54, 1.807) is 12.1 Å². The molecule has 0 aromatic heterocycles. The van der Waals surface area contributed by atoms with Gasteiger partial charge < -0.3 is 10.2 Å². The van der Waals surface area contributed by atoms with Crippen LogP contribution >= 0.6 is 0 Å². The minimum Gasteiger partial charge on any atom is -0.479 e. The van der Waals surface area contributed by atoms with E-state index in [-0.39, 0.29) is 5.41 Å². The maximum absolute atomic E-state index is 10.9. The van der Waals surface area contributed by atoms with Crippen LogP contribution in [0.25, 0.3) is 0 Å². The fraction of sp³-hybridized carbons (Fsp3) is 0.462. The first-order chi connectivity index (χ1) is 7.15. The van der Waals surface area contributed by atoms with Crippen molar-refractivity contribution in [2.75, 3.05) is 0 Å². The summed E-state index contributed by atoms with van der Waals surface area (Å²) >= 11 is 0. The van der Waals surface area contributed by atoms with Crippen molar-refractivity contribution in [3.05, 3.63) is 35.4 Å². The summed E-state index contributed by atoms with van der Waals surface area (Å²) in [4.78, 5) is 10.9. The van der Waals surface area contributed by atoms with Gasteiger partial charge in [0.15, 0.2) is 5.60 Å². The summed E-state index contributed by atoms with van der Waals surface area (Å²) in [5.74, 6) is -1.24. The average Bonchev–Trinajstić information content (AvgIpc) is 2.16. The highest BCUT2D eigenvalue weighted by atomic mass is 16.4. The third-order valence-corrected chi connectivity index (χ3v) is 2.73. The molecular weight excluding hydrogens is 204 g/mol. The summed E-state index contributed by atoms with van der Waals surface area (Å²) in [6, 6.07) is 7.03. The molecule has 1 atom stereocenters. The molecule has 0 saturated heterocycles. The van der Waals surface area contributed by atoms with Gasteiger partial charge >= 0.3 is 5.97 Å². The normalized spacial score (nSPS) is 15.6. The molecule has 0 spiro atoms. The van der Waals surface area contributed by atoms with Crippen LogP contribution in [0, 0.1) is 0 Å². The number of hydrogen-bond donors (Lipinski definition) is 2. The highest BCUT2D eigenvalue weighted by Crippen LogP contribution is 2.26. The molecule has 1 aromatic rings. The van der Waals surface area contributed by atoms with Crippen molar-refractivity contribution in [3.63, 3.8) is 0 Å². The first kappa shape index (κ1) is 12.7. The average molecular weight is 222 g/mol. The van der Waals surface area contributed by atoms with E-state index in [2.05, 4.69) is 20.8 Å². The monoisotopic (exact) mass is 222 g/mol. The number of hydrogen-bond acceptors (Lipinski definition) is 2. The van der Waals surface area contributed by atoms with Crippen LogP contribution in [0.3, 0.4) is 0 Å². The zero-order valence-electron chi connectivity index (χ0n) is 10.1. The summed E-state index contributed by atoms with van der Waals surface area (Å²) < 4.78 is 0. The Hall–Kier alpha value is -1.35. The first-order valence-electron chi connectivity index (χ1n) is 5.22. The van der Waals surface area contributed by atoms with Gasteiger partial charge in [-0.1, -0.05) is 45.0 Å². The van der Waals surface area contributed by atoms with Crippen molar-refractivity contribution >= 4 is 5.97 Å². The topological polar surface area (TPSA) is 57.5 Å². The van der Waals surface area contributed by atoms with Crippen molar-refractivity contribution in [1.82, 2.24) is 0 Å². The molecule has 0 aliphatic rings. The van der Waals surface area contributed by atoms with E-state index in [0.29, 0.717) is 5.56 Å². The summed E-state index contributed by atoms with van der Waals surface area (Å²) in [6.45, 7) is 7.52. The summed E-state index contributed by atoms with van der Waals surface area (Å²) in [5, 5.41) is 18.6. The Kier molecular flexibility index (Phi) is 3.10. The summed E-state index contributed by atoms with van der Waals surface area (Å²) in [5.41, 5.74) is -0.297. The number of carboxylic acids is 1. The number of benzene rings is 1. The Bertz CT molecular complexity index is 383. The van der Waals surface area contributed by atoms with E-state index in [0.717, 1.165) is 5.56 Å². The van der Waals surface area contributed by atoms with E-state index in [1.807, 2.05) is 12.1 Å². The van der Waals surface area contributed by atoms with Crippen LogP contribution in [0.5, 0.6) is 0 Å². The van der Waals surface area contributed by atoms with Gasteiger partial charge in [-0.15, -0.1) is 0 Å². The fourth-order valence-corrected chi connectivity index (χ4v) is 1.42. The van der Waals surface area contributed by atoms with Crippen LogP contribution in [-0.4, -0.2) is 16.2 Å². The van der Waals surface area contributed by atoms with Crippen LogP contribution in [0.4, 0.5) is 0 Å². The predicted octanol–water partition coefficient (Wildman–Crippen LogP) is 2.28. The van der Waals surface area contributed by atoms with Crippen molar-refractivity contribution in [2.24, 2.45) is 0 Å². The van der Waals surface area contributed by atoms with Gasteiger partial charge in [0.1, 0.15) is 0 Å². The number of rotatable bonds is 2. The molecule has 2 N–H and O–H groups in total. The van der Waals surface area contributed by atoms with E-state index in [4.69, 9.17) is 5.11 Å². The second kappa shape index (κ2) is 3.91. The summed E-state index contributed by atoms with van der Waals surface area (Å²) in [7, 11) is 0. The van der Waals surface area contributed by atoms with Gasteiger partial charge in [0.25, 0.3) is 0 Å². The van der Waals surface area contributed by atoms with Gasteiger partial charge in [0.05, 0.1) is 0 Å². The van der Waals surface area contributed by atoms with Crippen molar-refractivity contribution in [3.8, 4) is 0 Å². The smallest absolute Gasteiger partial charge is 0.340 e. The largest absolute Gasteiger partial charge is 0.479 e. The highest BCUT2D eigenvalue weighted by molar-refractivity contribution is 5.78. The number of aliphatic carboxylic acids is 1. The van der Waals surface area contributed by atoms with Crippen molar-refractivity contribution < 1.29 is 15.0 Å². The summed E-state index contributed by atoms with van der Waals surface area (Å²) in [6.07, 6.45) is 0. The van der Waals surface area contributed by atoms with Crippen molar-refractivity contribution in [1.29, 1.82) is 0 Å². The molecule has 0 fully saturated rings. The zero-order chi connectivity index (χ0) is 12.6. The molecule has 1 aromatic carbocycles. The van der Waals surface area contributed by atoms with Crippen molar-refractivity contribution in [2.45, 2.75) is 38.7 Å². The number of carboxylic acid groups (broad SMARTS) is 1. The molecule has 0 heterocycles. The SMILES string of the molecule is CC(C)(C)c1ccc([C@@](C)(O)C(=O)O)cc1. The van der Waals surface area contributed by atoms with E-state index >= 15 is 0 Å². The lowest BCUT2D eigenvalue weighted by Crippen LogP contribution is -2.31. The van der Waals surface area contributed by atoms with Crippen LogP contribution < -0.4 is 0 Å². The molecule has 88 valence electrons. The van der Waals surface area contributed by atoms with Gasteiger partial charge in [-0.25, -0.2) is 4.79 Å². The lowest BCUT2D eigenvalue weighted by atomic mass is 9.85. The third-order valence-electron chi connectivity index (χ3n) is 2.73. The lowest BCUT2D eigenvalue weighted by Gasteiger charge is -2.22. The zero-order valence-corrected chi connectivity index (χ0v) is 10.1. The molecule has 0 aliphatic heterocycles. The van der Waals surface area contributed by atoms with E-state index < -0.39 is 11.6 Å². The molecule has 0 bridgehead atoms. The Morgan fingerprint density at radius 2 is 1.38 bits per heavy atom. The number of aliphatic hydroxyl groups is 1. The molecular formula is C13H18O3. The van der Waals surface area contributed by atoms with Crippen LogP contribution in [0.15, 0.2) is 24.3 Å². The van der Waals surface area contributed by atoms with E-state index in [1.165, 1.54) is 6.92 Å². The maximum atomic E-state index is 10.9. The Balaban J connectivity index is 3.09. The molecule has 0 radical (unpaired) electrons. The first-order valence-corrected chi connectivity index (χ1v) is 5.22. The molecule has 0 saturated carbocycles. The second-order valence-electron chi connectivity index (χ2n) is 5.20. The molecule has 0 unspecified atom stereocenters. The van der Waals surface area contributed by atoms with Gasteiger partial charge in [-0.3, -0.25) is 0 Å². The molecule has 1 rings (SSSR count). The molecule has 3 nitrogen and oxygen atoms in total. The third kappa shape index (κ3) is 2.42. The molecule has 0 amide bonds. The number of carbonyl (C=O) groups is 1. The Morgan fingerprint density at radius 3 is 1.69 bits per heavy atom. The highest BCUT2D eigenvalue weighted by Gasteiger charge is 2.32. The fourth-order valence-electron chi connectivity index (χ4n) is 1.42.